The molecule has 0 spiro atoms. The Morgan fingerprint density at radius 2 is 2.75 bits per heavy atom. The van der Waals surface area contributed by atoms with Gasteiger partial charge in [-0.3, -0.25) is 0 Å². The monoisotopic (exact) mass is 166 g/mol. The van der Waals surface area contributed by atoms with Gasteiger partial charge in [0, 0.05) is 6.26 Å². The van der Waals surface area contributed by atoms with E-state index in [9.17, 15) is 0 Å². The van der Waals surface area contributed by atoms with Crippen LogP contribution in [0.4, 0.5) is 0 Å². The summed E-state index contributed by atoms with van der Waals surface area (Å²) in [6, 6.07) is 0. The average Bonchev–Trinajstić information content (AvgIpc) is 2.14. The molecule has 2 nitrogen and oxygen atoms in total. The predicted octanol–water partition coefficient (Wildman–Crippen LogP) is 1.06. The van der Waals surface area contributed by atoms with Crippen molar-refractivity contribution in [1.29, 1.82) is 0 Å². The first kappa shape index (κ1) is 6.67. The lowest BCUT2D eigenvalue weighted by atomic mass is 11.4. The van der Waals surface area contributed by atoms with Crippen molar-refractivity contribution >= 4 is 40.2 Å². The van der Waals surface area contributed by atoms with Crippen LogP contribution in [0.25, 0.3) is 0 Å². The van der Waals surface area contributed by atoms with Crippen LogP contribution in [0.5, 0.6) is 0 Å². The van der Waals surface area contributed by atoms with Crippen LogP contribution < -0.4 is 5.43 Å². The van der Waals surface area contributed by atoms with E-state index in [1.165, 1.54) is 0 Å². The number of thiocarbonyl (C=S) groups is 1. The minimum atomic E-state index is 0.916. The first-order valence-corrected chi connectivity index (χ1v) is 4.66. The van der Waals surface area contributed by atoms with Crippen LogP contribution in [-0.4, -0.2) is 20.9 Å². The Bertz CT molecular complexity index is 105. The molecule has 5 heteroatoms. The first-order valence-electron chi connectivity index (χ1n) is 2.09. The molecule has 1 N–H and O–H groups in total. The van der Waals surface area contributed by atoms with Crippen LogP contribution in [0.2, 0.25) is 0 Å². The van der Waals surface area contributed by atoms with Gasteiger partial charge in [0.05, 0.1) is 5.88 Å². The van der Waals surface area contributed by atoms with E-state index in [-0.39, 0.29) is 0 Å². The van der Waals surface area contributed by atoms with Gasteiger partial charge in [0.1, 0.15) is 0 Å². The lowest BCUT2D eigenvalue weighted by Crippen LogP contribution is -2.25. The standard InChI is InChI=1S/C3H6N2S3/c1-7-5-3(6)8-2-4-5/h4H,2H2,1H3. The lowest BCUT2D eigenvalue weighted by Gasteiger charge is -2.09. The van der Waals surface area contributed by atoms with Crippen LogP contribution in [0.1, 0.15) is 0 Å². The normalized spacial score (nSPS) is 20.1. The number of hydrogen-bond acceptors (Lipinski definition) is 4. The third-order valence-corrected chi connectivity index (χ3v) is 2.90. The molecule has 1 rings (SSSR count). The molecule has 0 aromatic rings. The topological polar surface area (TPSA) is 15.3 Å². The van der Waals surface area contributed by atoms with Gasteiger partial charge in [0.15, 0.2) is 4.32 Å². The van der Waals surface area contributed by atoms with E-state index in [1.54, 1.807) is 23.7 Å². The van der Waals surface area contributed by atoms with Crippen molar-refractivity contribution in [3.63, 3.8) is 0 Å². The van der Waals surface area contributed by atoms with Crippen molar-refractivity contribution in [1.82, 2.24) is 9.84 Å². The molecule has 0 saturated carbocycles. The first-order chi connectivity index (χ1) is 3.84. The quantitative estimate of drug-likeness (QED) is 0.461. The van der Waals surface area contributed by atoms with Gasteiger partial charge in [0.25, 0.3) is 0 Å². The summed E-state index contributed by atoms with van der Waals surface area (Å²) in [5, 5.41) is 0. The molecule has 0 unspecified atom stereocenters. The van der Waals surface area contributed by atoms with E-state index >= 15 is 0 Å². The van der Waals surface area contributed by atoms with Crippen molar-refractivity contribution < 1.29 is 0 Å². The Balaban J connectivity index is 2.42. The van der Waals surface area contributed by atoms with E-state index < -0.39 is 0 Å². The van der Waals surface area contributed by atoms with E-state index in [2.05, 4.69) is 5.43 Å². The van der Waals surface area contributed by atoms with E-state index in [0.717, 1.165) is 10.2 Å². The molecular weight excluding hydrogens is 160 g/mol. The fourth-order valence-electron chi connectivity index (χ4n) is 0.415. The van der Waals surface area contributed by atoms with Crippen molar-refractivity contribution in [2.24, 2.45) is 0 Å². The van der Waals surface area contributed by atoms with Crippen LogP contribution in [0.15, 0.2) is 0 Å². The second-order valence-corrected chi connectivity index (χ2v) is 3.53. The number of rotatable bonds is 1. The highest BCUT2D eigenvalue weighted by Gasteiger charge is 2.14. The number of hydrogen-bond donors (Lipinski definition) is 1. The highest BCUT2D eigenvalue weighted by molar-refractivity contribution is 8.24. The molecule has 1 heterocycles. The smallest absolute Gasteiger partial charge is 0.162 e. The van der Waals surface area contributed by atoms with Crippen LogP contribution in [0, 0.1) is 0 Å². The average molecular weight is 166 g/mol. The summed E-state index contributed by atoms with van der Waals surface area (Å²) in [6.07, 6.45) is 1.99. The molecule has 1 saturated heterocycles. The fraction of sp³-hybridized carbons (Fsp3) is 0.667. The predicted molar refractivity (Wildman–Crippen MR) is 43.5 cm³/mol. The van der Waals surface area contributed by atoms with E-state index in [4.69, 9.17) is 12.2 Å². The van der Waals surface area contributed by atoms with Crippen LogP contribution >= 0.6 is 35.9 Å². The highest BCUT2D eigenvalue weighted by atomic mass is 32.2. The second kappa shape index (κ2) is 2.91. The van der Waals surface area contributed by atoms with Crippen molar-refractivity contribution in [3.8, 4) is 0 Å². The molecule has 46 valence electrons. The third kappa shape index (κ3) is 1.28. The number of hydrazine groups is 1. The number of nitrogens with zero attached hydrogens (tertiary/aromatic N) is 1. The molecule has 0 atom stereocenters. The SMILES string of the molecule is CSN1NCSC1=S. The minimum Gasteiger partial charge on any atom is -0.233 e. The molecule has 8 heavy (non-hydrogen) atoms. The summed E-state index contributed by atoms with van der Waals surface area (Å²) in [6.45, 7) is 0. The summed E-state index contributed by atoms with van der Waals surface area (Å²) in [5.74, 6) is 0.916. The Labute approximate surface area is 62.5 Å². The van der Waals surface area contributed by atoms with Gasteiger partial charge >= 0.3 is 0 Å². The van der Waals surface area contributed by atoms with Gasteiger partial charge < -0.3 is 0 Å². The van der Waals surface area contributed by atoms with Gasteiger partial charge in [-0.1, -0.05) is 24.0 Å². The third-order valence-electron chi connectivity index (χ3n) is 0.752. The molecule has 0 aliphatic carbocycles. The number of thioether (sulfide) groups is 1. The fourth-order valence-corrected chi connectivity index (χ4v) is 2.18. The zero-order valence-corrected chi connectivity index (χ0v) is 6.83. The molecule has 0 aromatic carbocycles. The molecular formula is C3H6N2S3. The maximum Gasteiger partial charge on any atom is 0.162 e. The summed E-state index contributed by atoms with van der Waals surface area (Å²) in [4.78, 5) is 0. The maximum absolute atomic E-state index is 4.95. The zero-order chi connectivity index (χ0) is 5.98. The summed E-state index contributed by atoms with van der Waals surface area (Å²) in [5.41, 5.74) is 3.07. The maximum atomic E-state index is 4.95. The molecule has 0 radical (unpaired) electrons. The summed E-state index contributed by atoms with van der Waals surface area (Å²) in [7, 11) is 0. The Morgan fingerprint density at radius 3 is 3.00 bits per heavy atom. The van der Waals surface area contributed by atoms with Gasteiger partial charge in [-0.05, 0) is 11.9 Å². The second-order valence-electron chi connectivity index (χ2n) is 1.19. The number of nitrogens with one attached hydrogen (secondary N) is 1. The summed E-state index contributed by atoms with van der Waals surface area (Å²) < 4.78 is 2.82. The zero-order valence-electron chi connectivity index (χ0n) is 4.38. The molecule has 0 bridgehead atoms. The Hall–Kier alpha value is 0.550. The molecule has 1 aliphatic heterocycles. The largest absolute Gasteiger partial charge is 0.233 e. The molecule has 1 fully saturated rings. The Morgan fingerprint density at radius 1 is 2.00 bits per heavy atom. The van der Waals surface area contributed by atoms with Crippen molar-refractivity contribution in [3.05, 3.63) is 0 Å². The molecule has 0 amide bonds. The van der Waals surface area contributed by atoms with Gasteiger partial charge in [-0.25, -0.2) is 9.84 Å². The highest BCUT2D eigenvalue weighted by Crippen LogP contribution is 2.18. The lowest BCUT2D eigenvalue weighted by molar-refractivity contribution is 0.575. The van der Waals surface area contributed by atoms with E-state index in [1.807, 2.05) is 10.7 Å². The Kier molecular flexibility index (Phi) is 2.43. The van der Waals surface area contributed by atoms with E-state index in [0.29, 0.717) is 0 Å². The molecule has 1 aliphatic rings. The van der Waals surface area contributed by atoms with Gasteiger partial charge in [-0.15, -0.1) is 0 Å². The summed E-state index contributed by atoms with van der Waals surface area (Å²) >= 11 is 8.20. The van der Waals surface area contributed by atoms with Crippen molar-refractivity contribution in [2.75, 3.05) is 12.1 Å². The van der Waals surface area contributed by atoms with Crippen molar-refractivity contribution in [2.45, 2.75) is 0 Å². The van der Waals surface area contributed by atoms with Gasteiger partial charge in [0.2, 0.25) is 0 Å². The minimum absolute atomic E-state index is 0.916. The van der Waals surface area contributed by atoms with Crippen LogP contribution in [-0.2, 0) is 0 Å². The van der Waals surface area contributed by atoms with Gasteiger partial charge in [-0.2, -0.15) is 0 Å². The van der Waals surface area contributed by atoms with Crippen LogP contribution in [0.3, 0.4) is 0 Å². The molecule has 0 aromatic heterocycles.